The molecular formula is C17H12N2O2. The molecule has 2 aromatic carbocycles. The van der Waals surface area contributed by atoms with Gasteiger partial charge in [0.1, 0.15) is 0 Å². The number of rotatable bonds is 1. The van der Waals surface area contributed by atoms with E-state index >= 15 is 0 Å². The van der Waals surface area contributed by atoms with Crippen molar-refractivity contribution in [3.8, 4) is 0 Å². The Morgan fingerprint density at radius 2 is 1.81 bits per heavy atom. The van der Waals surface area contributed by atoms with Crippen molar-refractivity contribution in [2.24, 2.45) is 0 Å². The maximum atomic E-state index is 11.9. The van der Waals surface area contributed by atoms with Gasteiger partial charge in [0, 0.05) is 17.2 Å². The van der Waals surface area contributed by atoms with E-state index in [-0.39, 0.29) is 18.2 Å². The fourth-order valence-electron chi connectivity index (χ4n) is 2.93. The van der Waals surface area contributed by atoms with Crippen LogP contribution in [0.4, 0.5) is 0 Å². The first-order valence-corrected chi connectivity index (χ1v) is 6.84. The number of fused-ring (bicyclic) bond motifs is 2. The third-order valence-corrected chi connectivity index (χ3v) is 3.94. The molecule has 1 aliphatic heterocycles. The lowest BCUT2D eigenvalue weighted by Gasteiger charge is -2.11. The summed E-state index contributed by atoms with van der Waals surface area (Å²) in [7, 11) is 0. The summed E-state index contributed by atoms with van der Waals surface area (Å²) in [6.45, 7) is 0. The maximum absolute atomic E-state index is 11.9. The van der Waals surface area contributed by atoms with E-state index in [0.717, 1.165) is 27.4 Å². The van der Waals surface area contributed by atoms with E-state index in [1.807, 2.05) is 48.5 Å². The van der Waals surface area contributed by atoms with Gasteiger partial charge in [0.15, 0.2) is 0 Å². The predicted molar refractivity (Wildman–Crippen MR) is 79.8 cm³/mol. The molecule has 4 nitrogen and oxygen atoms in total. The summed E-state index contributed by atoms with van der Waals surface area (Å²) in [5.41, 5.74) is 2.64. The molecule has 0 spiro atoms. The molecule has 1 fully saturated rings. The molecule has 1 aliphatic rings. The van der Waals surface area contributed by atoms with Crippen LogP contribution in [-0.2, 0) is 9.59 Å². The predicted octanol–water partition coefficient (Wildman–Crippen LogP) is 2.52. The second-order valence-electron chi connectivity index (χ2n) is 5.26. The van der Waals surface area contributed by atoms with Crippen molar-refractivity contribution in [1.82, 2.24) is 10.3 Å². The van der Waals surface area contributed by atoms with Crippen molar-refractivity contribution in [1.29, 1.82) is 0 Å². The highest BCUT2D eigenvalue weighted by Gasteiger charge is 2.32. The smallest absolute Gasteiger partial charge is 0.234 e. The number of hydrogen-bond acceptors (Lipinski definition) is 3. The number of imide groups is 1. The SMILES string of the molecule is O=C1CC(c2cccc3nc4ccccc4cc23)C(=O)N1. The van der Waals surface area contributed by atoms with Crippen molar-refractivity contribution in [2.75, 3.05) is 0 Å². The van der Waals surface area contributed by atoms with Crippen LogP contribution in [0.5, 0.6) is 0 Å². The number of aromatic nitrogens is 1. The molecule has 4 heteroatoms. The lowest BCUT2D eigenvalue weighted by atomic mass is 9.93. The van der Waals surface area contributed by atoms with Gasteiger partial charge in [-0.15, -0.1) is 0 Å². The molecule has 0 radical (unpaired) electrons. The highest BCUT2D eigenvalue weighted by atomic mass is 16.2. The van der Waals surface area contributed by atoms with Crippen LogP contribution >= 0.6 is 0 Å². The third kappa shape index (κ3) is 1.88. The first kappa shape index (κ1) is 12.0. The fraction of sp³-hybridized carbons (Fsp3) is 0.118. The summed E-state index contributed by atoms with van der Waals surface area (Å²) in [6.07, 6.45) is 0.213. The van der Waals surface area contributed by atoms with Gasteiger partial charge in [0.25, 0.3) is 0 Å². The van der Waals surface area contributed by atoms with Crippen LogP contribution in [0.2, 0.25) is 0 Å². The lowest BCUT2D eigenvalue weighted by Crippen LogP contribution is -2.21. The highest BCUT2D eigenvalue weighted by Crippen LogP contribution is 2.31. The second kappa shape index (κ2) is 4.38. The van der Waals surface area contributed by atoms with Crippen LogP contribution in [0.3, 0.4) is 0 Å². The van der Waals surface area contributed by atoms with Crippen molar-refractivity contribution in [3.05, 3.63) is 54.1 Å². The molecule has 3 aromatic rings. The van der Waals surface area contributed by atoms with E-state index in [1.54, 1.807) is 0 Å². The minimum atomic E-state index is -0.413. The summed E-state index contributed by atoms with van der Waals surface area (Å²) < 4.78 is 0. The van der Waals surface area contributed by atoms with E-state index in [9.17, 15) is 9.59 Å². The first-order chi connectivity index (χ1) is 10.2. The van der Waals surface area contributed by atoms with Gasteiger partial charge in [-0.3, -0.25) is 14.9 Å². The molecule has 1 N–H and O–H groups in total. The molecule has 1 atom stereocenters. The van der Waals surface area contributed by atoms with Gasteiger partial charge >= 0.3 is 0 Å². The quantitative estimate of drug-likeness (QED) is 0.549. The largest absolute Gasteiger partial charge is 0.296 e. The number of nitrogens with zero attached hydrogens (tertiary/aromatic N) is 1. The van der Waals surface area contributed by atoms with Crippen molar-refractivity contribution >= 4 is 33.6 Å². The van der Waals surface area contributed by atoms with Crippen LogP contribution in [0, 0.1) is 0 Å². The van der Waals surface area contributed by atoms with Crippen LogP contribution in [0.25, 0.3) is 21.8 Å². The van der Waals surface area contributed by atoms with Gasteiger partial charge in [-0.2, -0.15) is 0 Å². The van der Waals surface area contributed by atoms with Gasteiger partial charge < -0.3 is 0 Å². The molecule has 0 bridgehead atoms. The molecule has 1 saturated heterocycles. The number of hydrogen-bond donors (Lipinski definition) is 1. The molecule has 1 aromatic heterocycles. The molecule has 102 valence electrons. The number of nitrogens with one attached hydrogen (secondary N) is 1. The average molecular weight is 276 g/mol. The lowest BCUT2D eigenvalue weighted by molar-refractivity contribution is -0.125. The van der Waals surface area contributed by atoms with E-state index < -0.39 is 5.92 Å². The molecule has 0 saturated carbocycles. The van der Waals surface area contributed by atoms with Crippen LogP contribution in [-0.4, -0.2) is 16.8 Å². The minimum absolute atomic E-state index is 0.212. The molecule has 0 aliphatic carbocycles. The normalized spacial score (nSPS) is 18.4. The summed E-state index contributed by atoms with van der Waals surface area (Å²) in [5.74, 6) is -0.847. The second-order valence-corrected chi connectivity index (χ2v) is 5.26. The van der Waals surface area contributed by atoms with Gasteiger partial charge in [-0.1, -0.05) is 30.3 Å². The average Bonchev–Trinajstić information content (AvgIpc) is 2.83. The Labute approximate surface area is 120 Å². The minimum Gasteiger partial charge on any atom is -0.296 e. The van der Waals surface area contributed by atoms with Crippen LogP contribution in [0.15, 0.2) is 48.5 Å². The van der Waals surface area contributed by atoms with Crippen molar-refractivity contribution in [2.45, 2.75) is 12.3 Å². The standard InChI is InChI=1S/C17H12N2O2/c20-16-9-13(17(21)19-16)11-5-3-7-15-12(11)8-10-4-1-2-6-14(10)18-15/h1-8,13H,9H2,(H,19,20,21). The first-order valence-electron chi connectivity index (χ1n) is 6.84. The van der Waals surface area contributed by atoms with Gasteiger partial charge in [-0.25, -0.2) is 4.98 Å². The molecular weight excluding hydrogens is 264 g/mol. The van der Waals surface area contributed by atoms with E-state index in [0.29, 0.717) is 0 Å². The molecule has 2 heterocycles. The monoisotopic (exact) mass is 276 g/mol. The zero-order valence-electron chi connectivity index (χ0n) is 11.2. The van der Waals surface area contributed by atoms with E-state index in [2.05, 4.69) is 10.3 Å². The maximum Gasteiger partial charge on any atom is 0.234 e. The van der Waals surface area contributed by atoms with E-state index in [4.69, 9.17) is 0 Å². The summed E-state index contributed by atoms with van der Waals surface area (Å²) in [4.78, 5) is 28.0. The third-order valence-electron chi connectivity index (χ3n) is 3.94. The Morgan fingerprint density at radius 3 is 2.62 bits per heavy atom. The summed E-state index contributed by atoms with van der Waals surface area (Å²) in [6, 6.07) is 15.6. The number of carbonyl (C=O) groups excluding carboxylic acids is 2. The van der Waals surface area contributed by atoms with Gasteiger partial charge in [0.2, 0.25) is 11.8 Å². The van der Waals surface area contributed by atoms with Crippen LogP contribution in [0.1, 0.15) is 17.9 Å². The molecule has 2 amide bonds. The topological polar surface area (TPSA) is 59.1 Å². The Morgan fingerprint density at radius 1 is 1.00 bits per heavy atom. The van der Waals surface area contributed by atoms with Crippen molar-refractivity contribution < 1.29 is 9.59 Å². The Hall–Kier alpha value is -2.75. The molecule has 21 heavy (non-hydrogen) atoms. The van der Waals surface area contributed by atoms with Crippen LogP contribution < -0.4 is 5.32 Å². The van der Waals surface area contributed by atoms with Gasteiger partial charge in [0.05, 0.1) is 17.0 Å². The number of carbonyl (C=O) groups is 2. The zero-order chi connectivity index (χ0) is 14.4. The summed E-state index contributed by atoms with van der Waals surface area (Å²) >= 11 is 0. The molecule has 1 unspecified atom stereocenters. The highest BCUT2D eigenvalue weighted by molar-refractivity contribution is 6.08. The Balaban J connectivity index is 1.99. The number of benzene rings is 2. The molecule has 4 rings (SSSR count). The van der Waals surface area contributed by atoms with Gasteiger partial charge in [-0.05, 0) is 23.8 Å². The fourth-order valence-corrected chi connectivity index (χ4v) is 2.93. The zero-order valence-corrected chi connectivity index (χ0v) is 11.2. The number of pyridine rings is 1. The summed E-state index contributed by atoms with van der Waals surface area (Å²) in [5, 5.41) is 4.33. The number of amides is 2. The number of para-hydroxylation sites is 1. The van der Waals surface area contributed by atoms with E-state index in [1.165, 1.54) is 0 Å². The van der Waals surface area contributed by atoms with Crippen molar-refractivity contribution in [3.63, 3.8) is 0 Å². The Bertz CT molecular complexity index is 902. The Kier molecular flexibility index (Phi) is 2.51.